The Balaban J connectivity index is 1.37. The van der Waals surface area contributed by atoms with Gasteiger partial charge in [0.05, 0.1) is 5.52 Å². The van der Waals surface area contributed by atoms with Gasteiger partial charge in [0.15, 0.2) is 6.61 Å². The van der Waals surface area contributed by atoms with E-state index in [2.05, 4.69) is 10.3 Å². The summed E-state index contributed by atoms with van der Waals surface area (Å²) in [6.45, 7) is -0.0826. The summed E-state index contributed by atoms with van der Waals surface area (Å²) >= 11 is 6.14. The fourth-order valence-corrected chi connectivity index (χ4v) is 4.86. The van der Waals surface area contributed by atoms with E-state index in [1.807, 2.05) is 48.2 Å². The molecule has 0 saturated heterocycles. The molecule has 1 amide bonds. The third kappa shape index (κ3) is 6.57. The van der Waals surface area contributed by atoms with Crippen molar-refractivity contribution >= 4 is 39.8 Å². The number of ether oxygens (including phenoxy) is 1. The number of hydrogen-bond donors (Lipinski definition) is 1. The molecule has 198 valence electrons. The Labute approximate surface area is 219 Å². The highest BCUT2D eigenvalue weighted by Crippen LogP contribution is 2.37. The molecule has 1 aromatic heterocycles. The van der Waals surface area contributed by atoms with E-state index < -0.39 is 11.9 Å². The summed E-state index contributed by atoms with van der Waals surface area (Å²) < 4.78 is 46.2. The van der Waals surface area contributed by atoms with Gasteiger partial charge in [0.2, 0.25) is 0 Å². The average Bonchev–Trinajstić information content (AvgIpc) is 2.86. The SMILES string of the molecule is CN(C)c1cccc(OCC(=O)N[C@H]2CC[C@@H](N(C)c3cc(C(F)(F)F)nc4ccc(Cl)cc34)CC2)c1. The van der Waals surface area contributed by atoms with Crippen molar-refractivity contribution in [3.63, 3.8) is 0 Å². The molecule has 4 rings (SSSR count). The maximum absolute atomic E-state index is 13.5. The van der Waals surface area contributed by atoms with Crippen LogP contribution < -0.4 is 19.9 Å². The number of pyridine rings is 1. The molecule has 10 heteroatoms. The predicted molar refractivity (Wildman–Crippen MR) is 141 cm³/mol. The molecule has 0 unspecified atom stereocenters. The molecule has 1 N–H and O–H groups in total. The van der Waals surface area contributed by atoms with E-state index in [1.54, 1.807) is 13.1 Å². The van der Waals surface area contributed by atoms with Crippen molar-refractivity contribution < 1.29 is 22.7 Å². The van der Waals surface area contributed by atoms with E-state index in [9.17, 15) is 18.0 Å². The Morgan fingerprint density at radius 3 is 2.49 bits per heavy atom. The summed E-state index contributed by atoms with van der Waals surface area (Å²) in [7, 11) is 5.66. The standard InChI is InChI=1S/C27H30ClF3N4O2/c1-34(2)20-5-4-6-21(14-20)37-16-26(36)32-18-8-10-19(11-9-18)35(3)24-15-25(27(29,30)31)33-23-12-7-17(28)13-22(23)24/h4-7,12-15,18-19H,8-11,16H2,1-3H3,(H,32,36)/t18-,19+. The maximum Gasteiger partial charge on any atom is 0.433 e. The van der Waals surface area contributed by atoms with Gasteiger partial charge in [-0.15, -0.1) is 0 Å². The first-order chi connectivity index (χ1) is 17.5. The highest BCUT2D eigenvalue weighted by Gasteiger charge is 2.34. The molecular formula is C27H30ClF3N4O2. The fraction of sp³-hybridized carbons (Fsp3) is 0.407. The van der Waals surface area contributed by atoms with Crippen LogP contribution in [0.3, 0.4) is 0 Å². The Bertz CT molecular complexity index is 1260. The zero-order valence-electron chi connectivity index (χ0n) is 21.0. The van der Waals surface area contributed by atoms with Crippen LogP contribution in [0.2, 0.25) is 5.02 Å². The second kappa shape index (κ2) is 11.0. The molecular weight excluding hydrogens is 505 g/mol. The van der Waals surface area contributed by atoms with Gasteiger partial charge in [-0.25, -0.2) is 4.98 Å². The topological polar surface area (TPSA) is 57.7 Å². The molecule has 0 bridgehead atoms. The lowest BCUT2D eigenvalue weighted by Crippen LogP contribution is -2.44. The molecule has 0 spiro atoms. The molecule has 1 aliphatic rings. The van der Waals surface area contributed by atoms with Crippen molar-refractivity contribution in [2.24, 2.45) is 0 Å². The number of rotatable bonds is 7. The van der Waals surface area contributed by atoms with Crippen molar-refractivity contribution in [1.82, 2.24) is 10.3 Å². The number of anilines is 2. The molecule has 2 aromatic carbocycles. The third-order valence-corrected chi connectivity index (χ3v) is 6.97. The van der Waals surface area contributed by atoms with Gasteiger partial charge in [-0.05, 0) is 62.1 Å². The van der Waals surface area contributed by atoms with Crippen LogP contribution in [0.5, 0.6) is 5.75 Å². The normalized spacial score (nSPS) is 17.9. The monoisotopic (exact) mass is 534 g/mol. The molecule has 1 aliphatic carbocycles. The van der Waals surface area contributed by atoms with Crippen molar-refractivity contribution in [3.05, 3.63) is 59.2 Å². The smallest absolute Gasteiger partial charge is 0.433 e. The molecule has 6 nitrogen and oxygen atoms in total. The number of aromatic nitrogens is 1. The lowest BCUT2D eigenvalue weighted by molar-refractivity contribution is -0.140. The molecule has 37 heavy (non-hydrogen) atoms. The third-order valence-electron chi connectivity index (χ3n) is 6.73. The first-order valence-corrected chi connectivity index (χ1v) is 12.5. The van der Waals surface area contributed by atoms with E-state index in [4.69, 9.17) is 16.3 Å². The largest absolute Gasteiger partial charge is 0.484 e. The Kier molecular flexibility index (Phi) is 8.02. The zero-order chi connectivity index (χ0) is 26.7. The number of carbonyl (C=O) groups is 1. The number of alkyl halides is 3. The van der Waals surface area contributed by atoms with Gasteiger partial charge in [-0.1, -0.05) is 17.7 Å². The fourth-order valence-electron chi connectivity index (χ4n) is 4.69. The van der Waals surface area contributed by atoms with Crippen molar-refractivity contribution in [2.75, 3.05) is 37.5 Å². The number of amides is 1. The highest BCUT2D eigenvalue weighted by molar-refractivity contribution is 6.31. The van der Waals surface area contributed by atoms with Gasteiger partial charge in [0.25, 0.3) is 5.91 Å². The van der Waals surface area contributed by atoms with E-state index in [1.165, 1.54) is 12.1 Å². The van der Waals surface area contributed by atoms with E-state index in [0.717, 1.165) is 24.6 Å². The van der Waals surface area contributed by atoms with Gasteiger partial charge < -0.3 is 19.9 Å². The number of halogens is 4. The lowest BCUT2D eigenvalue weighted by Gasteiger charge is -2.37. The molecule has 0 radical (unpaired) electrons. The molecule has 3 aromatic rings. The van der Waals surface area contributed by atoms with E-state index in [-0.39, 0.29) is 30.1 Å². The number of fused-ring (bicyclic) bond motifs is 1. The predicted octanol–water partition coefficient (Wildman–Crippen LogP) is 5.92. The van der Waals surface area contributed by atoms with Crippen molar-refractivity contribution in [1.29, 1.82) is 0 Å². The Morgan fingerprint density at radius 1 is 1.08 bits per heavy atom. The van der Waals surface area contributed by atoms with Crippen LogP contribution in [0.4, 0.5) is 24.5 Å². The van der Waals surface area contributed by atoms with Gasteiger partial charge in [0, 0.05) is 61.1 Å². The number of carbonyl (C=O) groups excluding carboxylic acids is 1. The van der Waals surface area contributed by atoms with Gasteiger partial charge >= 0.3 is 6.18 Å². The first kappa shape index (κ1) is 26.9. The Hall–Kier alpha value is -3.20. The second-order valence-corrected chi connectivity index (χ2v) is 9.99. The summed E-state index contributed by atoms with van der Waals surface area (Å²) in [4.78, 5) is 20.1. The zero-order valence-corrected chi connectivity index (χ0v) is 21.7. The van der Waals surface area contributed by atoms with E-state index in [0.29, 0.717) is 34.7 Å². The minimum Gasteiger partial charge on any atom is -0.484 e. The number of nitrogens with zero attached hydrogens (tertiary/aromatic N) is 3. The summed E-state index contributed by atoms with van der Waals surface area (Å²) in [5.74, 6) is 0.422. The number of benzene rings is 2. The summed E-state index contributed by atoms with van der Waals surface area (Å²) in [6, 6.07) is 13.3. The van der Waals surface area contributed by atoms with Crippen LogP contribution in [-0.4, -0.2) is 50.7 Å². The van der Waals surface area contributed by atoms with Gasteiger partial charge in [-0.2, -0.15) is 13.2 Å². The molecule has 1 fully saturated rings. The minimum absolute atomic E-state index is 0.0109. The summed E-state index contributed by atoms with van der Waals surface area (Å²) in [5, 5.41) is 4.04. The van der Waals surface area contributed by atoms with Crippen LogP contribution in [0.1, 0.15) is 31.4 Å². The number of hydrogen-bond acceptors (Lipinski definition) is 5. The summed E-state index contributed by atoms with van der Waals surface area (Å²) in [6.07, 6.45) is -1.68. The maximum atomic E-state index is 13.5. The quantitative estimate of drug-likeness (QED) is 0.408. The van der Waals surface area contributed by atoms with E-state index >= 15 is 0 Å². The number of nitrogens with one attached hydrogen (secondary N) is 1. The van der Waals surface area contributed by atoms with Gasteiger partial charge in [-0.3, -0.25) is 4.79 Å². The molecule has 0 atom stereocenters. The van der Waals surface area contributed by atoms with Crippen LogP contribution in [0, 0.1) is 0 Å². The van der Waals surface area contributed by atoms with Crippen LogP contribution in [0.25, 0.3) is 10.9 Å². The second-order valence-electron chi connectivity index (χ2n) is 9.55. The van der Waals surface area contributed by atoms with Gasteiger partial charge in [0.1, 0.15) is 11.4 Å². The minimum atomic E-state index is -4.55. The van der Waals surface area contributed by atoms with Crippen molar-refractivity contribution in [3.8, 4) is 5.75 Å². The van der Waals surface area contributed by atoms with Crippen LogP contribution in [0.15, 0.2) is 48.5 Å². The molecule has 1 saturated carbocycles. The van der Waals surface area contributed by atoms with Crippen LogP contribution in [-0.2, 0) is 11.0 Å². The highest BCUT2D eigenvalue weighted by atomic mass is 35.5. The van der Waals surface area contributed by atoms with Crippen molar-refractivity contribution in [2.45, 2.75) is 43.9 Å². The molecule has 0 aliphatic heterocycles. The Morgan fingerprint density at radius 2 is 1.81 bits per heavy atom. The summed E-state index contributed by atoms with van der Waals surface area (Å²) in [5.41, 5.74) is 0.743. The van der Waals surface area contributed by atoms with Crippen LogP contribution >= 0.6 is 11.6 Å². The average molecular weight is 535 g/mol. The lowest BCUT2D eigenvalue weighted by atomic mass is 9.90. The molecule has 1 heterocycles. The first-order valence-electron chi connectivity index (χ1n) is 12.1.